The molecule has 0 atom stereocenters. The fraction of sp³-hybridized carbons (Fsp3) is 0.600. The Balaban J connectivity index is 1.38. The van der Waals surface area contributed by atoms with E-state index in [2.05, 4.69) is 38.5 Å². The molecule has 1 aliphatic heterocycles. The molecule has 1 saturated heterocycles. The molecule has 0 unspecified atom stereocenters. The first kappa shape index (κ1) is 19.6. The molecule has 2 N–H and O–H groups in total. The second-order valence-electron chi connectivity index (χ2n) is 7.06. The van der Waals surface area contributed by atoms with Gasteiger partial charge >= 0.3 is 0 Å². The van der Waals surface area contributed by atoms with Crippen LogP contribution in [0.5, 0.6) is 5.75 Å². The van der Waals surface area contributed by atoms with E-state index in [1.807, 2.05) is 13.1 Å². The fourth-order valence-electron chi connectivity index (χ4n) is 3.37. The minimum absolute atomic E-state index is 0.0636. The first-order chi connectivity index (χ1) is 13.2. The number of rotatable bonds is 10. The monoisotopic (exact) mass is 373 g/mol. The molecule has 148 valence electrons. The zero-order valence-electron chi connectivity index (χ0n) is 16.2. The zero-order chi connectivity index (χ0) is 18.9. The minimum Gasteiger partial charge on any atom is -0.494 e. The summed E-state index contributed by atoms with van der Waals surface area (Å²) in [5.41, 5.74) is 1.32. The van der Waals surface area contributed by atoms with Crippen LogP contribution in [0.25, 0.3) is 0 Å². The van der Waals surface area contributed by atoms with Gasteiger partial charge in [0.2, 0.25) is 5.95 Å². The van der Waals surface area contributed by atoms with Crippen molar-refractivity contribution in [3.63, 3.8) is 0 Å². The van der Waals surface area contributed by atoms with Crippen molar-refractivity contribution in [2.24, 2.45) is 7.05 Å². The summed E-state index contributed by atoms with van der Waals surface area (Å²) < 4.78 is 7.62. The predicted molar refractivity (Wildman–Crippen MR) is 106 cm³/mol. The number of nitrogens with one attached hydrogen (secondary N) is 1. The van der Waals surface area contributed by atoms with Gasteiger partial charge in [-0.25, -0.2) is 4.68 Å². The molecular formula is C20H31N5O2. The molecule has 0 spiro atoms. The van der Waals surface area contributed by atoms with Crippen LogP contribution in [0, 0.1) is 0 Å². The quantitative estimate of drug-likeness (QED) is 0.622. The molecule has 0 amide bonds. The van der Waals surface area contributed by atoms with Crippen LogP contribution < -0.4 is 10.1 Å². The Kier molecular flexibility index (Phi) is 7.47. The molecule has 7 nitrogen and oxygen atoms in total. The van der Waals surface area contributed by atoms with Crippen molar-refractivity contribution in [3.05, 3.63) is 35.7 Å². The highest BCUT2D eigenvalue weighted by atomic mass is 16.5. The van der Waals surface area contributed by atoms with Gasteiger partial charge in [0.1, 0.15) is 5.75 Å². The highest BCUT2D eigenvalue weighted by molar-refractivity contribution is 5.28. The van der Waals surface area contributed by atoms with Crippen molar-refractivity contribution in [2.75, 3.05) is 38.2 Å². The lowest BCUT2D eigenvalue weighted by Gasteiger charge is -2.26. The third-order valence-corrected chi connectivity index (χ3v) is 4.77. The largest absolute Gasteiger partial charge is 0.494 e. The Hall–Kier alpha value is -2.12. The SMILES string of the molecule is Cn1nc(CCO)nc1NCCCOc1cccc(CN2CCCCC2)c1. The molecule has 0 radical (unpaired) electrons. The number of piperidine rings is 1. The van der Waals surface area contributed by atoms with Crippen molar-refractivity contribution in [2.45, 2.75) is 38.6 Å². The maximum absolute atomic E-state index is 8.96. The molecule has 0 bridgehead atoms. The Morgan fingerprint density at radius 2 is 2.07 bits per heavy atom. The van der Waals surface area contributed by atoms with Crippen LogP contribution in [-0.2, 0) is 20.0 Å². The van der Waals surface area contributed by atoms with Gasteiger partial charge < -0.3 is 15.2 Å². The summed E-state index contributed by atoms with van der Waals surface area (Å²) >= 11 is 0. The van der Waals surface area contributed by atoms with Gasteiger partial charge in [-0.05, 0) is 50.0 Å². The molecule has 27 heavy (non-hydrogen) atoms. The summed E-state index contributed by atoms with van der Waals surface area (Å²) in [6.07, 6.45) is 5.35. The summed E-state index contributed by atoms with van der Waals surface area (Å²) in [5.74, 6) is 2.32. The third kappa shape index (κ3) is 6.22. The Morgan fingerprint density at radius 1 is 1.22 bits per heavy atom. The number of hydrogen-bond donors (Lipinski definition) is 2. The van der Waals surface area contributed by atoms with Crippen LogP contribution in [0.2, 0.25) is 0 Å². The van der Waals surface area contributed by atoms with Crippen molar-refractivity contribution < 1.29 is 9.84 Å². The molecule has 2 aromatic rings. The van der Waals surface area contributed by atoms with Gasteiger partial charge in [0.05, 0.1) is 13.2 Å². The summed E-state index contributed by atoms with van der Waals surface area (Å²) in [7, 11) is 1.85. The predicted octanol–water partition coefficient (Wildman–Crippen LogP) is 2.22. The average molecular weight is 374 g/mol. The number of hydrogen-bond acceptors (Lipinski definition) is 6. The topological polar surface area (TPSA) is 75.4 Å². The molecule has 3 rings (SSSR count). The highest BCUT2D eigenvalue weighted by Gasteiger charge is 2.10. The Morgan fingerprint density at radius 3 is 2.89 bits per heavy atom. The van der Waals surface area contributed by atoms with Crippen molar-refractivity contribution in [1.29, 1.82) is 0 Å². The van der Waals surface area contributed by atoms with Crippen LogP contribution in [0.15, 0.2) is 24.3 Å². The molecule has 0 aliphatic carbocycles. The smallest absolute Gasteiger partial charge is 0.221 e. The molecule has 2 heterocycles. The number of aromatic nitrogens is 3. The summed E-state index contributed by atoms with van der Waals surface area (Å²) in [6, 6.07) is 8.44. The number of aliphatic hydroxyl groups excluding tert-OH is 1. The van der Waals surface area contributed by atoms with E-state index >= 15 is 0 Å². The van der Waals surface area contributed by atoms with Gasteiger partial charge in [-0.15, -0.1) is 0 Å². The number of aryl methyl sites for hydroxylation is 1. The Bertz CT molecular complexity index is 697. The first-order valence-electron chi connectivity index (χ1n) is 9.93. The van der Waals surface area contributed by atoms with Gasteiger partial charge in [0, 0.05) is 26.6 Å². The summed E-state index contributed by atoms with van der Waals surface area (Å²) in [6.45, 7) is 4.91. The second kappa shape index (κ2) is 10.3. The number of nitrogens with zero attached hydrogens (tertiary/aromatic N) is 4. The van der Waals surface area contributed by atoms with E-state index in [0.717, 1.165) is 31.2 Å². The van der Waals surface area contributed by atoms with Gasteiger partial charge in [0.15, 0.2) is 5.82 Å². The minimum atomic E-state index is 0.0636. The molecular weight excluding hydrogens is 342 g/mol. The number of anilines is 1. The van der Waals surface area contributed by atoms with E-state index in [9.17, 15) is 0 Å². The molecule has 1 aromatic heterocycles. The van der Waals surface area contributed by atoms with Crippen LogP contribution in [0.1, 0.15) is 37.1 Å². The van der Waals surface area contributed by atoms with Crippen LogP contribution >= 0.6 is 0 Å². The first-order valence-corrected chi connectivity index (χ1v) is 9.93. The van der Waals surface area contributed by atoms with Gasteiger partial charge in [0.25, 0.3) is 0 Å². The lowest BCUT2D eigenvalue weighted by atomic mass is 10.1. The second-order valence-corrected chi connectivity index (χ2v) is 7.06. The summed E-state index contributed by atoms with van der Waals surface area (Å²) in [5, 5.41) is 16.5. The van der Waals surface area contributed by atoms with E-state index < -0.39 is 0 Å². The standard InChI is InChI=1S/C20H31N5O2/c1-24-20(22-19(23-24)9-13-26)21-10-6-14-27-18-8-5-7-17(15-18)16-25-11-3-2-4-12-25/h5,7-8,15,26H,2-4,6,9-14,16H2,1H3,(H,21,22,23). The van der Waals surface area contributed by atoms with Gasteiger partial charge in [-0.2, -0.15) is 10.1 Å². The van der Waals surface area contributed by atoms with E-state index in [0.29, 0.717) is 18.9 Å². The molecule has 0 saturated carbocycles. The van der Waals surface area contributed by atoms with E-state index in [4.69, 9.17) is 9.84 Å². The van der Waals surface area contributed by atoms with Crippen molar-refractivity contribution >= 4 is 5.95 Å². The molecule has 7 heteroatoms. The van der Waals surface area contributed by atoms with E-state index in [1.165, 1.54) is 37.9 Å². The van der Waals surface area contributed by atoms with Gasteiger partial charge in [-0.3, -0.25) is 4.90 Å². The highest BCUT2D eigenvalue weighted by Crippen LogP contribution is 2.17. The number of benzene rings is 1. The van der Waals surface area contributed by atoms with Crippen molar-refractivity contribution in [1.82, 2.24) is 19.7 Å². The van der Waals surface area contributed by atoms with Gasteiger partial charge in [-0.1, -0.05) is 18.6 Å². The van der Waals surface area contributed by atoms with Crippen molar-refractivity contribution in [3.8, 4) is 5.75 Å². The maximum Gasteiger partial charge on any atom is 0.221 e. The maximum atomic E-state index is 8.96. The molecule has 1 aromatic carbocycles. The lowest BCUT2D eigenvalue weighted by Crippen LogP contribution is -2.29. The normalized spacial score (nSPS) is 15.0. The fourth-order valence-corrected chi connectivity index (χ4v) is 3.37. The average Bonchev–Trinajstić information content (AvgIpc) is 3.02. The van der Waals surface area contributed by atoms with Crippen LogP contribution in [-0.4, -0.2) is 57.6 Å². The zero-order valence-corrected chi connectivity index (χ0v) is 16.2. The summed E-state index contributed by atoms with van der Waals surface area (Å²) in [4.78, 5) is 6.88. The number of ether oxygens (including phenoxy) is 1. The number of likely N-dealkylation sites (tertiary alicyclic amines) is 1. The van der Waals surface area contributed by atoms with Crippen LogP contribution in [0.3, 0.4) is 0 Å². The Labute approximate surface area is 161 Å². The van der Waals surface area contributed by atoms with E-state index in [1.54, 1.807) is 4.68 Å². The molecule has 1 aliphatic rings. The third-order valence-electron chi connectivity index (χ3n) is 4.77. The van der Waals surface area contributed by atoms with E-state index in [-0.39, 0.29) is 6.61 Å². The van der Waals surface area contributed by atoms with Crippen LogP contribution in [0.4, 0.5) is 5.95 Å². The lowest BCUT2D eigenvalue weighted by molar-refractivity contribution is 0.220. The number of aliphatic hydroxyl groups is 1. The molecule has 1 fully saturated rings.